The maximum Gasteiger partial charge on any atom is 0.129 e. The van der Waals surface area contributed by atoms with Crippen LogP contribution in [0.5, 0.6) is 0 Å². The lowest BCUT2D eigenvalue weighted by Gasteiger charge is -2.08. The van der Waals surface area contributed by atoms with Gasteiger partial charge >= 0.3 is 0 Å². The lowest BCUT2D eigenvalue weighted by atomic mass is 10.0. The lowest BCUT2D eigenvalue weighted by Crippen LogP contribution is -2.05. The molecule has 0 heterocycles. The number of hydrogen-bond acceptors (Lipinski definition) is 1. The van der Waals surface area contributed by atoms with E-state index in [9.17, 15) is 8.78 Å². The SMILES string of the molecule is Cc1ccc(F)c(C(F)CCN)c1. The maximum atomic E-state index is 13.3. The second-order valence-corrected chi connectivity index (χ2v) is 3.07. The van der Waals surface area contributed by atoms with E-state index in [-0.39, 0.29) is 18.5 Å². The van der Waals surface area contributed by atoms with Crippen molar-refractivity contribution in [2.45, 2.75) is 19.5 Å². The molecule has 72 valence electrons. The van der Waals surface area contributed by atoms with Gasteiger partial charge in [0, 0.05) is 5.56 Å². The molecule has 0 aromatic heterocycles. The Kier molecular flexibility index (Phi) is 3.37. The van der Waals surface area contributed by atoms with Crippen molar-refractivity contribution >= 4 is 0 Å². The third-order valence-electron chi connectivity index (χ3n) is 1.91. The molecule has 0 bridgehead atoms. The molecule has 1 nitrogen and oxygen atoms in total. The Morgan fingerprint density at radius 2 is 2.15 bits per heavy atom. The van der Waals surface area contributed by atoms with Crippen LogP contribution in [0.1, 0.15) is 23.7 Å². The summed E-state index contributed by atoms with van der Waals surface area (Å²) in [6, 6.07) is 4.43. The third kappa shape index (κ3) is 2.49. The van der Waals surface area contributed by atoms with E-state index in [1.54, 1.807) is 13.0 Å². The molecule has 0 spiro atoms. The summed E-state index contributed by atoms with van der Waals surface area (Å²) in [6.45, 7) is 2.03. The van der Waals surface area contributed by atoms with Gasteiger partial charge in [0.05, 0.1) is 0 Å². The van der Waals surface area contributed by atoms with Gasteiger partial charge in [-0.2, -0.15) is 0 Å². The van der Waals surface area contributed by atoms with Crippen LogP contribution in [-0.2, 0) is 0 Å². The van der Waals surface area contributed by atoms with E-state index in [4.69, 9.17) is 5.73 Å². The van der Waals surface area contributed by atoms with E-state index in [0.717, 1.165) is 5.56 Å². The molecule has 1 unspecified atom stereocenters. The van der Waals surface area contributed by atoms with Gasteiger partial charge in [-0.3, -0.25) is 0 Å². The third-order valence-corrected chi connectivity index (χ3v) is 1.91. The van der Waals surface area contributed by atoms with Crippen molar-refractivity contribution in [1.29, 1.82) is 0 Å². The summed E-state index contributed by atoms with van der Waals surface area (Å²) >= 11 is 0. The molecule has 0 amide bonds. The molecule has 0 aliphatic carbocycles. The van der Waals surface area contributed by atoms with Gasteiger partial charge in [0.2, 0.25) is 0 Å². The molecule has 0 aliphatic heterocycles. The Hall–Kier alpha value is -0.960. The van der Waals surface area contributed by atoms with Crippen molar-refractivity contribution in [1.82, 2.24) is 0 Å². The van der Waals surface area contributed by atoms with Crippen LogP contribution >= 0.6 is 0 Å². The van der Waals surface area contributed by atoms with Crippen LogP contribution in [0.2, 0.25) is 0 Å². The van der Waals surface area contributed by atoms with Crippen molar-refractivity contribution in [3.8, 4) is 0 Å². The Balaban J connectivity index is 2.91. The number of nitrogens with two attached hydrogens (primary N) is 1. The quantitative estimate of drug-likeness (QED) is 0.769. The van der Waals surface area contributed by atoms with Crippen LogP contribution < -0.4 is 5.73 Å². The Labute approximate surface area is 76.6 Å². The normalized spacial score (nSPS) is 12.9. The zero-order chi connectivity index (χ0) is 9.84. The molecule has 0 aliphatic rings. The molecule has 2 N–H and O–H groups in total. The molecule has 13 heavy (non-hydrogen) atoms. The molecule has 0 radical (unpaired) electrons. The first-order valence-electron chi connectivity index (χ1n) is 4.25. The molecule has 1 aromatic carbocycles. The molecule has 0 fully saturated rings. The first-order valence-corrected chi connectivity index (χ1v) is 4.25. The molecule has 1 aromatic rings. The highest BCUT2D eigenvalue weighted by Crippen LogP contribution is 2.24. The van der Waals surface area contributed by atoms with Gasteiger partial charge in [0.1, 0.15) is 12.0 Å². The van der Waals surface area contributed by atoms with Crippen LogP contribution in [-0.4, -0.2) is 6.54 Å². The van der Waals surface area contributed by atoms with E-state index < -0.39 is 12.0 Å². The smallest absolute Gasteiger partial charge is 0.129 e. The molecular formula is C10H13F2N. The number of aryl methyl sites for hydroxylation is 1. The highest BCUT2D eigenvalue weighted by molar-refractivity contribution is 5.25. The molecule has 0 saturated heterocycles. The predicted octanol–water partition coefficient (Wildman–Crippen LogP) is 2.49. The first-order chi connectivity index (χ1) is 6.15. The van der Waals surface area contributed by atoms with Gasteiger partial charge in [-0.1, -0.05) is 17.7 Å². The van der Waals surface area contributed by atoms with Gasteiger partial charge in [-0.05, 0) is 26.0 Å². The van der Waals surface area contributed by atoms with Crippen molar-refractivity contribution < 1.29 is 8.78 Å². The second kappa shape index (κ2) is 4.33. The fourth-order valence-electron chi connectivity index (χ4n) is 1.21. The molecule has 3 heteroatoms. The second-order valence-electron chi connectivity index (χ2n) is 3.07. The summed E-state index contributed by atoms with van der Waals surface area (Å²) in [7, 11) is 0. The van der Waals surface area contributed by atoms with Crippen molar-refractivity contribution in [2.75, 3.05) is 6.54 Å². The highest BCUT2D eigenvalue weighted by Gasteiger charge is 2.13. The predicted molar refractivity (Wildman–Crippen MR) is 48.7 cm³/mol. The van der Waals surface area contributed by atoms with E-state index in [2.05, 4.69) is 0 Å². The summed E-state index contributed by atoms with van der Waals surface area (Å²) < 4.78 is 26.3. The number of halogens is 2. The fraction of sp³-hybridized carbons (Fsp3) is 0.400. The Bertz CT molecular complexity index is 286. The number of alkyl halides is 1. The van der Waals surface area contributed by atoms with Crippen LogP contribution in [0.25, 0.3) is 0 Å². The van der Waals surface area contributed by atoms with Crippen LogP contribution in [0.3, 0.4) is 0 Å². The zero-order valence-corrected chi connectivity index (χ0v) is 7.56. The lowest BCUT2D eigenvalue weighted by molar-refractivity contribution is 0.317. The topological polar surface area (TPSA) is 26.0 Å². The van der Waals surface area contributed by atoms with E-state index in [1.165, 1.54) is 12.1 Å². The van der Waals surface area contributed by atoms with Crippen LogP contribution in [0.4, 0.5) is 8.78 Å². The number of benzene rings is 1. The summed E-state index contributed by atoms with van der Waals surface area (Å²) in [6.07, 6.45) is -1.12. The maximum absolute atomic E-state index is 13.3. The summed E-state index contributed by atoms with van der Waals surface area (Å²) in [5.41, 5.74) is 6.17. The van der Waals surface area contributed by atoms with Gasteiger partial charge in [-0.15, -0.1) is 0 Å². The van der Waals surface area contributed by atoms with E-state index in [1.807, 2.05) is 0 Å². The summed E-state index contributed by atoms with van der Waals surface area (Å²) in [5.74, 6) is -0.494. The van der Waals surface area contributed by atoms with Gasteiger partial charge in [0.25, 0.3) is 0 Å². The summed E-state index contributed by atoms with van der Waals surface area (Å²) in [5, 5.41) is 0. The fourth-order valence-corrected chi connectivity index (χ4v) is 1.21. The van der Waals surface area contributed by atoms with E-state index >= 15 is 0 Å². The van der Waals surface area contributed by atoms with Gasteiger partial charge < -0.3 is 5.73 Å². The average molecular weight is 185 g/mol. The summed E-state index contributed by atoms with van der Waals surface area (Å²) in [4.78, 5) is 0. The number of rotatable bonds is 3. The largest absolute Gasteiger partial charge is 0.330 e. The van der Waals surface area contributed by atoms with Crippen LogP contribution in [0.15, 0.2) is 18.2 Å². The van der Waals surface area contributed by atoms with Crippen LogP contribution in [0, 0.1) is 12.7 Å². The minimum atomic E-state index is -1.29. The average Bonchev–Trinajstić information content (AvgIpc) is 2.09. The molecule has 0 saturated carbocycles. The highest BCUT2D eigenvalue weighted by atomic mass is 19.1. The first kappa shape index (κ1) is 10.1. The standard InChI is InChI=1S/C10H13F2N/c1-7-2-3-9(11)8(6-7)10(12)4-5-13/h2-3,6,10H,4-5,13H2,1H3. The monoisotopic (exact) mass is 185 g/mol. The Morgan fingerprint density at radius 3 is 2.77 bits per heavy atom. The number of hydrogen-bond donors (Lipinski definition) is 1. The molecule has 1 atom stereocenters. The molecular weight excluding hydrogens is 172 g/mol. The van der Waals surface area contributed by atoms with E-state index in [0.29, 0.717) is 0 Å². The van der Waals surface area contributed by atoms with Crippen molar-refractivity contribution in [2.24, 2.45) is 5.73 Å². The van der Waals surface area contributed by atoms with Gasteiger partial charge in [0.15, 0.2) is 0 Å². The van der Waals surface area contributed by atoms with Crippen molar-refractivity contribution in [3.63, 3.8) is 0 Å². The Morgan fingerprint density at radius 1 is 1.46 bits per heavy atom. The minimum absolute atomic E-state index is 0.116. The van der Waals surface area contributed by atoms with Crippen molar-refractivity contribution in [3.05, 3.63) is 35.1 Å². The van der Waals surface area contributed by atoms with Gasteiger partial charge in [-0.25, -0.2) is 8.78 Å². The zero-order valence-electron chi connectivity index (χ0n) is 7.56. The molecule has 1 rings (SSSR count). The minimum Gasteiger partial charge on any atom is -0.330 e.